The summed E-state index contributed by atoms with van der Waals surface area (Å²) in [5.74, 6) is 0. The maximum atomic E-state index is 12.2. The second kappa shape index (κ2) is 15.0. The molecule has 6 N–H and O–H groups in total. The van der Waals surface area contributed by atoms with Crippen LogP contribution in [0.4, 0.5) is 0 Å². The van der Waals surface area contributed by atoms with Crippen LogP contribution in [0.25, 0.3) is 0 Å². The van der Waals surface area contributed by atoms with E-state index in [1.54, 1.807) is 0 Å². The Morgan fingerprint density at radius 1 is 1.08 bits per heavy atom. The number of aliphatic hydroxyl groups excluding tert-OH is 2. The number of unbranched alkanes of at least 4 members (excludes halogenated alkanes) is 8. The van der Waals surface area contributed by atoms with Crippen molar-refractivity contribution in [3.8, 4) is 0 Å². The summed E-state index contributed by atoms with van der Waals surface area (Å²) in [7, 11) is -10.7. The standard InChI is InChI=1S/C22H40N2O12P2/c1-3-4-5-6-7-8-9-10-11-12-17(35-38(32,33)36-37(29,30)31)19(26)20-16(25)13-18(34-20)24-14-15(2)21(27)23-22(24)28/h14,16-20,25-26H,3-13H2,1-2H3,(H,32,33)(H,23,27,28)(H2,29,30,31)/t16-,17?,18+,19?,20-/m0/s1. The van der Waals surface area contributed by atoms with Crippen LogP contribution in [0.1, 0.15) is 89.3 Å². The van der Waals surface area contributed by atoms with E-state index in [0.717, 1.165) is 36.7 Å². The van der Waals surface area contributed by atoms with Gasteiger partial charge in [0.05, 0.1) is 12.2 Å². The van der Waals surface area contributed by atoms with Gasteiger partial charge in [0.1, 0.15) is 18.4 Å². The van der Waals surface area contributed by atoms with E-state index in [1.165, 1.54) is 26.0 Å². The van der Waals surface area contributed by atoms with Crippen LogP contribution in [0.15, 0.2) is 15.8 Å². The van der Waals surface area contributed by atoms with E-state index in [9.17, 15) is 33.8 Å². The molecule has 220 valence electrons. The molecule has 0 spiro atoms. The second-order valence-electron chi connectivity index (χ2n) is 9.63. The van der Waals surface area contributed by atoms with Crippen LogP contribution in [-0.2, 0) is 22.7 Å². The molecule has 3 unspecified atom stereocenters. The Bertz CT molecular complexity index is 1090. The first kappa shape index (κ1) is 33.0. The fourth-order valence-corrected chi connectivity index (χ4v) is 6.24. The number of aromatic amines is 1. The van der Waals surface area contributed by atoms with Gasteiger partial charge in [0.2, 0.25) is 0 Å². The van der Waals surface area contributed by atoms with E-state index in [0.29, 0.717) is 12.8 Å². The predicted molar refractivity (Wildman–Crippen MR) is 136 cm³/mol. The lowest BCUT2D eigenvalue weighted by Crippen LogP contribution is -2.43. The second-order valence-corrected chi connectivity index (χ2v) is 12.4. The number of aromatic nitrogens is 2. The zero-order valence-corrected chi connectivity index (χ0v) is 23.5. The Labute approximate surface area is 220 Å². The number of nitrogens with one attached hydrogen (secondary N) is 1. The quantitative estimate of drug-likeness (QED) is 0.114. The Hall–Kier alpha value is -1.18. The van der Waals surface area contributed by atoms with Gasteiger partial charge in [0, 0.05) is 18.2 Å². The molecular formula is C22H40N2O12P2. The molecule has 16 heteroatoms. The number of hydrogen-bond donors (Lipinski definition) is 6. The number of ether oxygens (including phenoxy) is 1. The van der Waals surface area contributed by atoms with Crippen molar-refractivity contribution in [2.75, 3.05) is 0 Å². The first-order valence-corrected chi connectivity index (χ1v) is 15.9. The molecule has 0 amide bonds. The number of aliphatic hydroxyl groups is 2. The van der Waals surface area contributed by atoms with Crippen molar-refractivity contribution >= 4 is 15.6 Å². The number of hydrogen-bond acceptors (Lipinski definition) is 9. The van der Waals surface area contributed by atoms with Gasteiger partial charge in [-0.05, 0) is 13.3 Å². The molecule has 0 aliphatic carbocycles. The highest BCUT2D eigenvalue weighted by Crippen LogP contribution is 2.58. The lowest BCUT2D eigenvalue weighted by atomic mass is 9.98. The third-order valence-electron chi connectivity index (χ3n) is 6.38. The summed E-state index contributed by atoms with van der Waals surface area (Å²) in [6.45, 7) is 3.62. The summed E-state index contributed by atoms with van der Waals surface area (Å²) < 4.78 is 38.9. The van der Waals surface area contributed by atoms with Gasteiger partial charge in [0.25, 0.3) is 5.56 Å². The summed E-state index contributed by atoms with van der Waals surface area (Å²) in [6.07, 6.45) is 2.91. The summed E-state index contributed by atoms with van der Waals surface area (Å²) in [5, 5.41) is 21.5. The van der Waals surface area contributed by atoms with Crippen LogP contribution in [-0.4, -0.2) is 58.9 Å². The molecule has 14 nitrogen and oxygen atoms in total. The molecule has 2 heterocycles. The molecule has 0 bridgehead atoms. The molecule has 0 aromatic carbocycles. The molecule has 1 aromatic heterocycles. The van der Waals surface area contributed by atoms with Crippen LogP contribution >= 0.6 is 15.6 Å². The smallest absolute Gasteiger partial charge is 0.390 e. The average Bonchev–Trinajstić information content (AvgIpc) is 3.18. The third-order valence-corrected chi connectivity index (χ3v) is 8.59. The monoisotopic (exact) mass is 586 g/mol. The van der Waals surface area contributed by atoms with Gasteiger partial charge >= 0.3 is 21.3 Å². The molecule has 2 rings (SSSR count). The van der Waals surface area contributed by atoms with Gasteiger partial charge in [0.15, 0.2) is 0 Å². The predicted octanol–water partition coefficient (Wildman–Crippen LogP) is 2.37. The minimum absolute atomic E-state index is 0.00102. The lowest BCUT2D eigenvalue weighted by molar-refractivity contribution is -0.119. The molecule has 1 aliphatic heterocycles. The molecule has 1 fully saturated rings. The molecular weight excluding hydrogens is 546 g/mol. The first-order valence-electron chi connectivity index (χ1n) is 12.9. The number of nitrogens with zero attached hydrogens (tertiary/aromatic N) is 1. The van der Waals surface area contributed by atoms with Crippen LogP contribution in [0, 0.1) is 6.92 Å². The Balaban J connectivity index is 2.07. The minimum atomic E-state index is -5.40. The van der Waals surface area contributed by atoms with E-state index in [1.807, 2.05) is 0 Å². The molecule has 0 saturated carbocycles. The maximum absolute atomic E-state index is 12.2. The fourth-order valence-electron chi connectivity index (χ4n) is 4.43. The van der Waals surface area contributed by atoms with Crippen LogP contribution in [0.2, 0.25) is 0 Å². The zero-order valence-electron chi connectivity index (χ0n) is 21.7. The van der Waals surface area contributed by atoms with Gasteiger partial charge in [-0.2, -0.15) is 4.31 Å². The summed E-state index contributed by atoms with van der Waals surface area (Å²) >= 11 is 0. The van der Waals surface area contributed by atoms with Crippen molar-refractivity contribution in [2.24, 2.45) is 0 Å². The zero-order chi connectivity index (χ0) is 28.5. The van der Waals surface area contributed by atoms with Crippen LogP contribution in [0.3, 0.4) is 0 Å². The van der Waals surface area contributed by atoms with Crippen molar-refractivity contribution in [1.82, 2.24) is 9.55 Å². The number of phosphoric acid groups is 2. The van der Waals surface area contributed by atoms with Gasteiger partial charge in [-0.15, -0.1) is 0 Å². The summed E-state index contributed by atoms with van der Waals surface area (Å²) in [6, 6.07) is 0. The molecule has 1 saturated heterocycles. The normalized spacial score (nSPS) is 23.3. The van der Waals surface area contributed by atoms with E-state index >= 15 is 0 Å². The first-order chi connectivity index (χ1) is 17.7. The Morgan fingerprint density at radius 3 is 2.24 bits per heavy atom. The molecule has 38 heavy (non-hydrogen) atoms. The average molecular weight is 587 g/mol. The third kappa shape index (κ3) is 10.8. The number of H-pyrrole nitrogens is 1. The molecule has 1 aliphatic rings. The molecule has 6 atom stereocenters. The highest BCUT2D eigenvalue weighted by Gasteiger charge is 2.45. The Kier molecular flexibility index (Phi) is 13.0. The summed E-state index contributed by atoms with van der Waals surface area (Å²) in [5.41, 5.74) is -1.15. The van der Waals surface area contributed by atoms with E-state index in [2.05, 4.69) is 16.2 Å². The van der Waals surface area contributed by atoms with Crippen molar-refractivity contribution in [1.29, 1.82) is 0 Å². The van der Waals surface area contributed by atoms with Crippen molar-refractivity contribution < 1.29 is 47.6 Å². The van der Waals surface area contributed by atoms with Crippen molar-refractivity contribution in [3.63, 3.8) is 0 Å². The van der Waals surface area contributed by atoms with Crippen LogP contribution in [0.5, 0.6) is 0 Å². The lowest BCUT2D eigenvalue weighted by Gasteiger charge is -2.30. The highest BCUT2D eigenvalue weighted by atomic mass is 31.3. The topological polar surface area (TPSA) is 218 Å². The fraction of sp³-hybridized carbons (Fsp3) is 0.818. The van der Waals surface area contributed by atoms with E-state index in [-0.39, 0.29) is 18.4 Å². The number of phosphoric ester groups is 1. The largest absolute Gasteiger partial charge is 0.481 e. The van der Waals surface area contributed by atoms with Gasteiger partial charge < -0.3 is 29.6 Å². The van der Waals surface area contributed by atoms with E-state index < -0.39 is 57.5 Å². The van der Waals surface area contributed by atoms with Gasteiger partial charge in [-0.1, -0.05) is 64.7 Å². The van der Waals surface area contributed by atoms with Crippen molar-refractivity contribution in [3.05, 3.63) is 32.6 Å². The number of rotatable bonds is 17. The van der Waals surface area contributed by atoms with Crippen molar-refractivity contribution in [2.45, 2.75) is 115 Å². The maximum Gasteiger partial charge on any atom is 0.481 e. The van der Waals surface area contributed by atoms with Gasteiger partial charge in [-0.3, -0.25) is 18.9 Å². The molecule has 0 radical (unpaired) electrons. The molecule has 1 aromatic rings. The van der Waals surface area contributed by atoms with Crippen LogP contribution < -0.4 is 11.2 Å². The number of aryl methyl sites for hydroxylation is 1. The van der Waals surface area contributed by atoms with Gasteiger partial charge in [-0.25, -0.2) is 13.9 Å². The SMILES string of the molecule is CCCCCCCCCCCC(OP(=O)(O)OP(=O)(O)O)C(O)[C@H]1O[C@@H](n2cc(C)c(=O)[nH]c2=O)C[C@@H]1O. The minimum Gasteiger partial charge on any atom is -0.390 e. The highest BCUT2D eigenvalue weighted by molar-refractivity contribution is 7.60. The Morgan fingerprint density at radius 2 is 1.66 bits per heavy atom. The van der Waals surface area contributed by atoms with E-state index in [4.69, 9.17) is 19.0 Å². The summed E-state index contributed by atoms with van der Waals surface area (Å²) in [4.78, 5) is 53.7.